The number of hydrogen-bond donors (Lipinski definition) is 0. The van der Waals surface area contributed by atoms with Crippen LogP contribution in [0.15, 0.2) is 24.3 Å². The smallest absolute Gasteiger partial charge is 0.390 e. The first-order chi connectivity index (χ1) is 9.11. The summed E-state index contributed by atoms with van der Waals surface area (Å²) in [6.45, 7) is 6.04. The van der Waals surface area contributed by atoms with Crippen molar-refractivity contribution in [3.05, 3.63) is 29.8 Å². The fraction of sp³-hybridized carbons (Fsp3) is 0.467. The van der Waals surface area contributed by atoms with E-state index in [-0.39, 0.29) is 0 Å². The van der Waals surface area contributed by atoms with Gasteiger partial charge in [-0.05, 0) is 17.7 Å². The maximum Gasteiger partial charge on any atom is 0.390 e. The molecule has 0 N–H and O–H groups in total. The van der Waals surface area contributed by atoms with Gasteiger partial charge in [-0.1, -0.05) is 31.8 Å². The third kappa shape index (κ3) is 6.16. The molecule has 1 aromatic rings. The highest BCUT2D eigenvalue weighted by molar-refractivity contribution is 6.83. The third-order valence-corrected chi connectivity index (χ3v) is 3.47. The predicted molar refractivity (Wildman–Crippen MR) is 77.5 cm³/mol. The molecule has 0 heterocycles. The minimum atomic E-state index is -4.22. The summed E-state index contributed by atoms with van der Waals surface area (Å²) in [7, 11) is -0.178. The zero-order valence-corrected chi connectivity index (χ0v) is 13.1. The van der Waals surface area contributed by atoms with Crippen molar-refractivity contribution in [2.45, 2.75) is 38.2 Å². The van der Waals surface area contributed by atoms with Crippen LogP contribution < -0.4 is 4.74 Å². The summed E-state index contributed by atoms with van der Waals surface area (Å²) in [4.78, 5) is 0. The van der Waals surface area contributed by atoms with Crippen LogP contribution in [0.5, 0.6) is 5.75 Å². The van der Waals surface area contributed by atoms with Gasteiger partial charge in [-0.3, -0.25) is 0 Å². The van der Waals surface area contributed by atoms with E-state index in [0.29, 0.717) is 11.3 Å². The molecule has 0 aliphatic heterocycles. The summed E-state index contributed by atoms with van der Waals surface area (Å²) < 4.78 is 43.0. The molecule has 0 aliphatic rings. The molecule has 110 valence electrons. The fourth-order valence-corrected chi connectivity index (χ4v) is 2.23. The lowest BCUT2D eigenvalue weighted by atomic mass is 9.96. The van der Waals surface area contributed by atoms with Crippen molar-refractivity contribution in [3.63, 3.8) is 0 Å². The maximum absolute atomic E-state index is 12.7. The molecule has 0 saturated carbocycles. The maximum atomic E-state index is 12.7. The van der Waals surface area contributed by atoms with Crippen LogP contribution in [0.1, 0.15) is 17.9 Å². The number of halogens is 3. The zero-order chi connectivity index (χ0) is 15.4. The van der Waals surface area contributed by atoms with Gasteiger partial charge in [-0.2, -0.15) is 13.2 Å². The number of hydrogen-bond acceptors (Lipinski definition) is 1. The molecule has 1 nitrogen and oxygen atoms in total. The van der Waals surface area contributed by atoms with Crippen LogP contribution in [0, 0.1) is 11.5 Å². The monoisotopic (exact) mass is 300 g/mol. The Morgan fingerprint density at radius 3 is 2.10 bits per heavy atom. The summed E-state index contributed by atoms with van der Waals surface area (Å²) in [5.74, 6) is 2.63. The lowest BCUT2D eigenvalue weighted by Crippen LogP contribution is -2.18. The molecule has 20 heavy (non-hydrogen) atoms. The minimum Gasteiger partial charge on any atom is -0.497 e. The summed E-state index contributed by atoms with van der Waals surface area (Å²) in [6, 6.07) is 6.62. The number of methoxy groups -OCH3 is 1. The topological polar surface area (TPSA) is 9.23 Å². The molecule has 0 saturated heterocycles. The second kappa shape index (κ2) is 6.36. The van der Waals surface area contributed by atoms with E-state index in [0.717, 1.165) is 0 Å². The van der Waals surface area contributed by atoms with Gasteiger partial charge in [0.15, 0.2) is 0 Å². The van der Waals surface area contributed by atoms with Crippen LogP contribution in [0.2, 0.25) is 19.6 Å². The average molecular weight is 300 g/mol. The Bertz CT molecular complexity index is 489. The molecule has 5 heteroatoms. The van der Waals surface area contributed by atoms with E-state index in [4.69, 9.17) is 4.74 Å². The van der Waals surface area contributed by atoms with E-state index in [2.05, 4.69) is 11.5 Å². The fourth-order valence-electron chi connectivity index (χ4n) is 1.62. The van der Waals surface area contributed by atoms with Crippen LogP contribution >= 0.6 is 0 Å². The number of benzene rings is 1. The largest absolute Gasteiger partial charge is 0.497 e. The molecule has 0 spiro atoms. The summed E-state index contributed by atoms with van der Waals surface area (Å²) >= 11 is 0. The van der Waals surface area contributed by atoms with Gasteiger partial charge in [0.25, 0.3) is 0 Å². The highest BCUT2D eigenvalue weighted by Crippen LogP contribution is 2.31. The molecule has 0 unspecified atom stereocenters. The van der Waals surface area contributed by atoms with Gasteiger partial charge in [0, 0.05) is 0 Å². The Morgan fingerprint density at radius 1 is 1.15 bits per heavy atom. The molecule has 0 amide bonds. The molecule has 0 bridgehead atoms. The van der Waals surface area contributed by atoms with Gasteiger partial charge in [-0.15, -0.1) is 11.5 Å². The van der Waals surface area contributed by atoms with Crippen molar-refractivity contribution in [2.75, 3.05) is 7.11 Å². The van der Waals surface area contributed by atoms with Gasteiger partial charge >= 0.3 is 6.18 Å². The molecule has 0 aliphatic carbocycles. The first kappa shape index (κ1) is 16.6. The first-order valence-corrected chi connectivity index (χ1v) is 9.84. The summed E-state index contributed by atoms with van der Waals surface area (Å²) in [5, 5.41) is 0. The van der Waals surface area contributed by atoms with E-state index < -0.39 is 26.6 Å². The molecule has 1 atom stereocenters. The Labute approximate surface area is 119 Å². The highest BCUT2D eigenvalue weighted by Gasteiger charge is 2.32. The van der Waals surface area contributed by atoms with Gasteiger partial charge < -0.3 is 4.74 Å². The second-order valence-electron chi connectivity index (χ2n) is 5.66. The Kier molecular flexibility index (Phi) is 5.29. The van der Waals surface area contributed by atoms with Crippen molar-refractivity contribution in [2.24, 2.45) is 0 Å². The van der Waals surface area contributed by atoms with Crippen LogP contribution in [0.3, 0.4) is 0 Å². The molecular weight excluding hydrogens is 281 g/mol. The zero-order valence-electron chi connectivity index (χ0n) is 12.1. The van der Waals surface area contributed by atoms with Crippen molar-refractivity contribution < 1.29 is 17.9 Å². The summed E-state index contributed by atoms with van der Waals surface area (Å²) in [5.41, 5.74) is 3.61. The molecule has 0 radical (unpaired) electrons. The van der Waals surface area contributed by atoms with Crippen molar-refractivity contribution in [3.8, 4) is 17.2 Å². The van der Waals surface area contributed by atoms with E-state index >= 15 is 0 Å². The van der Waals surface area contributed by atoms with Crippen molar-refractivity contribution in [1.29, 1.82) is 0 Å². The third-order valence-electron chi connectivity index (χ3n) is 2.58. The van der Waals surface area contributed by atoms with Crippen LogP contribution in [-0.2, 0) is 0 Å². The molecular formula is C15H19F3OSi. The Hall–Kier alpha value is -1.41. The molecule has 0 aromatic heterocycles. The quantitative estimate of drug-likeness (QED) is 0.585. The predicted octanol–water partition coefficient (Wildman–Crippen LogP) is 4.61. The van der Waals surface area contributed by atoms with Crippen LogP contribution in [0.4, 0.5) is 13.2 Å². The van der Waals surface area contributed by atoms with Crippen LogP contribution in [0.25, 0.3) is 0 Å². The highest BCUT2D eigenvalue weighted by atomic mass is 28.3. The van der Waals surface area contributed by atoms with E-state index in [1.54, 1.807) is 24.3 Å². The van der Waals surface area contributed by atoms with E-state index in [1.165, 1.54) is 7.11 Å². The lowest BCUT2D eigenvalue weighted by Gasteiger charge is -2.15. The van der Waals surface area contributed by atoms with Gasteiger partial charge in [0.2, 0.25) is 0 Å². The van der Waals surface area contributed by atoms with E-state index in [9.17, 15) is 13.2 Å². The molecule has 0 fully saturated rings. The Morgan fingerprint density at radius 2 is 1.70 bits per heavy atom. The molecule has 1 rings (SSSR count). The van der Waals surface area contributed by atoms with Crippen molar-refractivity contribution >= 4 is 8.07 Å². The van der Waals surface area contributed by atoms with E-state index in [1.807, 2.05) is 19.6 Å². The first-order valence-electron chi connectivity index (χ1n) is 6.34. The number of alkyl halides is 3. The molecule has 1 aromatic carbocycles. The van der Waals surface area contributed by atoms with Crippen molar-refractivity contribution in [1.82, 2.24) is 0 Å². The minimum absolute atomic E-state index is 0.578. The van der Waals surface area contributed by atoms with Gasteiger partial charge in [-0.25, -0.2) is 0 Å². The normalized spacial score (nSPS) is 13.3. The summed E-state index contributed by atoms with van der Waals surface area (Å²) in [6.07, 6.45) is -5.14. The van der Waals surface area contributed by atoms with Crippen LogP contribution in [-0.4, -0.2) is 21.4 Å². The average Bonchev–Trinajstić information content (AvgIpc) is 2.32. The standard InChI is InChI=1S/C15H19F3OSi/c1-19-14-7-5-12(6-8-14)13(11-15(16,17)18)9-10-20(2,3)4/h5-8,13H,11H2,1-4H3/t13-/m1/s1. The Balaban J connectivity index is 3.05. The number of rotatable bonds is 3. The second-order valence-corrected chi connectivity index (χ2v) is 10.4. The lowest BCUT2D eigenvalue weighted by molar-refractivity contribution is -0.136. The van der Waals surface area contributed by atoms with Gasteiger partial charge in [0.1, 0.15) is 13.8 Å². The van der Waals surface area contributed by atoms with Gasteiger partial charge in [0.05, 0.1) is 19.4 Å². The SMILES string of the molecule is COc1ccc([C@H](C#C[Si](C)(C)C)CC(F)(F)F)cc1. The number of ether oxygens (including phenoxy) is 1.